The van der Waals surface area contributed by atoms with Gasteiger partial charge in [0.25, 0.3) is 0 Å². The van der Waals surface area contributed by atoms with E-state index in [0.717, 1.165) is 10.8 Å². The Morgan fingerprint density at radius 2 is 1.84 bits per heavy atom. The normalized spacial score (nSPS) is 10.5. The second kappa shape index (κ2) is 4.49. The molecule has 2 heterocycles. The van der Waals surface area contributed by atoms with Gasteiger partial charge in [-0.3, -0.25) is 14.8 Å². The Labute approximate surface area is 109 Å². The molecule has 0 saturated carbocycles. The Kier molecular flexibility index (Phi) is 2.68. The van der Waals surface area contributed by atoms with Gasteiger partial charge in [0, 0.05) is 17.8 Å². The van der Waals surface area contributed by atoms with Crippen LogP contribution in [0.4, 0.5) is 5.69 Å². The molecule has 0 saturated heterocycles. The van der Waals surface area contributed by atoms with Crippen LogP contribution in [0, 0.1) is 0 Å². The van der Waals surface area contributed by atoms with Crippen LogP contribution in [-0.4, -0.2) is 15.8 Å². The first kappa shape index (κ1) is 11.3. The highest BCUT2D eigenvalue weighted by molar-refractivity contribution is 6.15. The summed E-state index contributed by atoms with van der Waals surface area (Å²) in [4.78, 5) is 20.6. The monoisotopic (exact) mass is 249 g/mol. The van der Waals surface area contributed by atoms with E-state index >= 15 is 0 Å². The smallest absolute Gasteiger partial charge is 0.213 e. The molecule has 0 radical (unpaired) electrons. The molecule has 4 nitrogen and oxygen atoms in total. The molecular formula is C15H11N3O. The number of carbonyl (C=O) groups is 1. The number of hydrogen-bond donors (Lipinski definition) is 1. The van der Waals surface area contributed by atoms with Crippen molar-refractivity contribution in [3.63, 3.8) is 0 Å². The number of aromatic nitrogens is 2. The summed E-state index contributed by atoms with van der Waals surface area (Å²) in [5.74, 6) is -0.149. The van der Waals surface area contributed by atoms with Gasteiger partial charge in [-0.15, -0.1) is 0 Å². The molecule has 0 unspecified atom stereocenters. The quantitative estimate of drug-likeness (QED) is 0.708. The van der Waals surface area contributed by atoms with Crippen molar-refractivity contribution >= 4 is 22.2 Å². The Bertz CT molecular complexity index is 745. The van der Waals surface area contributed by atoms with Crippen LogP contribution in [0.5, 0.6) is 0 Å². The fourth-order valence-corrected chi connectivity index (χ4v) is 1.98. The van der Waals surface area contributed by atoms with Gasteiger partial charge >= 0.3 is 0 Å². The van der Waals surface area contributed by atoms with Crippen LogP contribution in [0.15, 0.2) is 55.0 Å². The third-order valence-electron chi connectivity index (χ3n) is 2.93. The van der Waals surface area contributed by atoms with E-state index in [4.69, 9.17) is 5.73 Å². The summed E-state index contributed by atoms with van der Waals surface area (Å²) in [5.41, 5.74) is 7.02. The van der Waals surface area contributed by atoms with Crippen LogP contribution in [0.1, 0.15) is 16.1 Å². The lowest BCUT2D eigenvalue weighted by Crippen LogP contribution is -2.05. The second-order valence-electron chi connectivity index (χ2n) is 4.21. The number of benzene rings is 1. The van der Waals surface area contributed by atoms with Gasteiger partial charge in [0.15, 0.2) is 0 Å². The van der Waals surface area contributed by atoms with Gasteiger partial charge in [0.05, 0.1) is 17.4 Å². The van der Waals surface area contributed by atoms with E-state index in [0.29, 0.717) is 16.9 Å². The van der Waals surface area contributed by atoms with Crippen LogP contribution in [0.2, 0.25) is 0 Å². The van der Waals surface area contributed by atoms with Gasteiger partial charge in [0.2, 0.25) is 5.78 Å². The van der Waals surface area contributed by atoms with Crippen molar-refractivity contribution in [2.45, 2.75) is 0 Å². The standard InChI is InChI=1S/C15H11N3O/c16-11-5-6-14(18-8-11)15(19)13-9-17-7-10-3-1-2-4-12(10)13/h1-9H,16H2. The largest absolute Gasteiger partial charge is 0.397 e. The molecule has 3 aromatic rings. The minimum Gasteiger partial charge on any atom is -0.397 e. The molecule has 0 atom stereocenters. The van der Waals surface area contributed by atoms with Gasteiger partial charge in [0.1, 0.15) is 5.69 Å². The molecule has 0 aliphatic rings. The Hall–Kier alpha value is -2.75. The molecule has 0 fully saturated rings. The fourth-order valence-electron chi connectivity index (χ4n) is 1.98. The van der Waals surface area contributed by atoms with Gasteiger partial charge in [-0.25, -0.2) is 0 Å². The molecule has 2 N–H and O–H groups in total. The Morgan fingerprint density at radius 3 is 2.63 bits per heavy atom. The number of nitrogens with zero attached hydrogens (tertiary/aromatic N) is 2. The lowest BCUT2D eigenvalue weighted by atomic mass is 10.0. The summed E-state index contributed by atoms with van der Waals surface area (Å²) >= 11 is 0. The minimum atomic E-state index is -0.149. The maximum absolute atomic E-state index is 12.4. The third-order valence-corrected chi connectivity index (χ3v) is 2.93. The number of nitrogens with two attached hydrogens (primary N) is 1. The second-order valence-corrected chi connectivity index (χ2v) is 4.21. The highest BCUT2D eigenvalue weighted by Gasteiger charge is 2.13. The van der Waals surface area contributed by atoms with Crippen molar-refractivity contribution < 1.29 is 4.79 Å². The zero-order valence-corrected chi connectivity index (χ0v) is 10.1. The first-order valence-electron chi connectivity index (χ1n) is 5.85. The average Bonchev–Trinajstić information content (AvgIpc) is 2.47. The Morgan fingerprint density at radius 1 is 1.00 bits per heavy atom. The van der Waals surface area contributed by atoms with Crippen molar-refractivity contribution in [1.82, 2.24) is 9.97 Å². The van der Waals surface area contributed by atoms with Gasteiger partial charge < -0.3 is 5.73 Å². The molecular weight excluding hydrogens is 238 g/mol. The SMILES string of the molecule is Nc1ccc(C(=O)c2cncc3ccccc23)nc1. The molecule has 0 amide bonds. The number of pyridine rings is 2. The molecule has 0 aliphatic carbocycles. The maximum Gasteiger partial charge on any atom is 0.213 e. The predicted octanol–water partition coefficient (Wildman–Crippen LogP) is 2.44. The lowest BCUT2D eigenvalue weighted by Gasteiger charge is -2.04. The van der Waals surface area contributed by atoms with Crippen LogP contribution in [0.3, 0.4) is 0 Å². The summed E-state index contributed by atoms with van der Waals surface area (Å²) in [7, 11) is 0. The lowest BCUT2D eigenvalue weighted by molar-refractivity contribution is 0.103. The van der Waals surface area contributed by atoms with E-state index in [1.807, 2.05) is 24.3 Å². The molecule has 4 heteroatoms. The van der Waals surface area contributed by atoms with Crippen molar-refractivity contribution in [3.05, 3.63) is 66.2 Å². The molecule has 2 aromatic heterocycles. The first-order chi connectivity index (χ1) is 9.25. The van der Waals surface area contributed by atoms with E-state index in [9.17, 15) is 4.79 Å². The maximum atomic E-state index is 12.4. The fraction of sp³-hybridized carbons (Fsp3) is 0. The summed E-state index contributed by atoms with van der Waals surface area (Å²) in [6, 6.07) is 10.9. The highest BCUT2D eigenvalue weighted by atomic mass is 16.1. The van der Waals surface area contributed by atoms with E-state index in [2.05, 4.69) is 9.97 Å². The van der Waals surface area contributed by atoms with Crippen LogP contribution in [-0.2, 0) is 0 Å². The summed E-state index contributed by atoms with van der Waals surface area (Å²) in [6.45, 7) is 0. The van der Waals surface area contributed by atoms with E-state index in [1.54, 1.807) is 24.5 Å². The predicted molar refractivity (Wildman–Crippen MR) is 73.8 cm³/mol. The molecule has 92 valence electrons. The Balaban J connectivity index is 2.14. The zero-order chi connectivity index (χ0) is 13.2. The van der Waals surface area contributed by atoms with Crippen molar-refractivity contribution in [1.29, 1.82) is 0 Å². The van der Waals surface area contributed by atoms with E-state index < -0.39 is 0 Å². The summed E-state index contributed by atoms with van der Waals surface area (Å²) < 4.78 is 0. The number of nitrogen functional groups attached to an aromatic ring is 1. The average molecular weight is 249 g/mol. The highest BCUT2D eigenvalue weighted by Crippen LogP contribution is 2.19. The molecule has 0 spiro atoms. The third kappa shape index (κ3) is 2.04. The van der Waals surface area contributed by atoms with E-state index in [-0.39, 0.29) is 5.78 Å². The van der Waals surface area contributed by atoms with Crippen LogP contribution >= 0.6 is 0 Å². The number of rotatable bonds is 2. The van der Waals surface area contributed by atoms with Crippen molar-refractivity contribution in [3.8, 4) is 0 Å². The molecule has 3 rings (SSSR count). The van der Waals surface area contributed by atoms with Gasteiger partial charge in [-0.1, -0.05) is 24.3 Å². The zero-order valence-electron chi connectivity index (χ0n) is 10.1. The van der Waals surface area contributed by atoms with Gasteiger partial charge in [-0.2, -0.15) is 0 Å². The van der Waals surface area contributed by atoms with Crippen LogP contribution < -0.4 is 5.73 Å². The molecule has 0 aliphatic heterocycles. The molecule has 19 heavy (non-hydrogen) atoms. The molecule has 0 bridgehead atoms. The summed E-state index contributed by atoms with van der Waals surface area (Å²) in [5, 5.41) is 1.81. The number of hydrogen-bond acceptors (Lipinski definition) is 4. The van der Waals surface area contributed by atoms with Crippen molar-refractivity contribution in [2.24, 2.45) is 0 Å². The summed E-state index contributed by atoms with van der Waals surface area (Å²) in [6.07, 6.45) is 4.79. The first-order valence-corrected chi connectivity index (χ1v) is 5.85. The minimum absolute atomic E-state index is 0.149. The molecule has 1 aromatic carbocycles. The number of anilines is 1. The topological polar surface area (TPSA) is 68.9 Å². The number of fused-ring (bicyclic) bond motifs is 1. The number of ketones is 1. The van der Waals surface area contributed by atoms with Gasteiger partial charge in [-0.05, 0) is 17.5 Å². The van der Waals surface area contributed by atoms with Crippen molar-refractivity contribution in [2.75, 3.05) is 5.73 Å². The van der Waals surface area contributed by atoms with E-state index in [1.165, 1.54) is 6.20 Å². The number of carbonyl (C=O) groups excluding carboxylic acids is 1. The van der Waals surface area contributed by atoms with Crippen LogP contribution in [0.25, 0.3) is 10.8 Å².